The molecule has 0 unspecified atom stereocenters. The predicted octanol–water partition coefficient (Wildman–Crippen LogP) is 2.28. The van der Waals surface area contributed by atoms with Crippen LogP contribution in [0.15, 0.2) is 30.5 Å². The van der Waals surface area contributed by atoms with Crippen LogP contribution in [0.5, 0.6) is 5.75 Å². The topological polar surface area (TPSA) is 50.3 Å². The Morgan fingerprint density at radius 3 is 2.80 bits per heavy atom. The van der Waals surface area contributed by atoms with Gasteiger partial charge in [0.2, 0.25) is 5.95 Å². The van der Waals surface area contributed by atoms with Crippen molar-refractivity contribution in [1.29, 1.82) is 0 Å². The van der Waals surface area contributed by atoms with Crippen LogP contribution in [-0.4, -0.2) is 31.2 Å². The van der Waals surface area contributed by atoms with E-state index >= 15 is 0 Å². The van der Waals surface area contributed by atoms with Crippen LogP contribution in [0, 0.1) is 6.92 Å². The zero-order valence-corrected chi connectivity index (χ0v) is 12.3. The third kappa shape index (κ3) is 3.05. The minimum Gasteiger partial charge on any atom is -0.497 e. The van der Waals surface area contributed by atoms with Crippen molar-refractivity contribution < 1.29 is 4.74 Å². The number of ether oxygens (including phenoxy) is 1. The summed E-state index contributed by atoms with van der Waals surface area (Å²) in [7, 11) is 5.52. The highest BCUT2D eigenvalue weighted by Gasteiger charge is 2.09. The summed E-state index contributed by atoms with van der Waals surface area (Å²) in [4.78, 5) is 10.9. The van der Waals surface area contributed by atoms with Crippen LogP contribution in [0.4, 0.5) is 11.6 Å². The lowest BCUT2D eigenvalue weighted by molar-refractivity contribution is 0.415. The van der Waals surface area contributed by atoms with E-state index in [0.717, 1.165) is 29.2 Å². The first-order valence-electron chi connectivity index (χ1n) is 6.50. The molecule has 0 aliphatic carbocycles. The van der Waals surface area contributed by atoms with Crippen LogP contribution in [0.2, 0.25) is 0 Å². The molecule has 0 saturated carbocycles. The van der Waals surface area contributed by atoms with Gasteiger partial charge in [0.15, 0.2) is 0 Å². The van der Waals surface area contributed by atoms with Crippen LogP contribution in [0.1, 0.15) is 11.3 Å². The summed E-state index contributed by atoms with van der Waals surface area (Å²) in [6.45, 7) is 2.77. The van der Waals surface area contributed by atoms with Gasteiger partial charge in [-0.15, -0.1) is 0 Å². The lowest BCUT2D eigenvalue weighted by atomic mass is 10.2. The van der Waals surface area contributed by atoms with E-state index in [2.05, 4.69) is 15.3 Å². The molecule has 0 aliphatic rings. The average molecular weight is 272 g/mol. The Hall–Kier alpha value is -2.14. The fourth-order valence-electron chi connectivity index (χ4n) is 1.94. The number of hydrogen-bond donors (Lipinski definition) is 1. The predicted molar refractivity (Wildman–Crippen MR) is 80.6 cm³/mol. The number of anilines is 2. The number of methoxy groups -OCH3 is 1. The third-order valence-electron chi connectivity index (χ3n) is 3.18. The van der Waals surface area contributed by atoms with Gasteiger partial charge in [-0.3, -0.25) is 0 Å². The molecule has 0 atom stereocenters. The van der Waals surface area contributed by atoms with Gasteiger partial charge in [0, 0.05) is 42.8 Å². The first-order chi connectivity index (χ1) is 9.65. The van der Waals surface area contributed by atoms with E-state index in [1.807, 2.05) is 56.4 Å². The molecule has 1 N–H and O–H groups in total. The van der Waals surface area contributed by atoms with Crippen molar-refractivity contribution in [3.63, 3.8) is 0 Å². The molecule has 106 valence electrons. The maximum Gasteiger partial charge on any atom is 0.229 e. The van der Waals surface area contributed by atoms with Crippen LogP contribution in [0.3, 0.4) is 0 Å². The molecule has 1 aromatic heterocycles. The number of aryl methyl sites for hydroxylation is 1. The quantitative estimate of drug-likeness (QED) is 0.905. The van der Waals surface area contributed by atoms with Gasteiger partial charge in [0.1, 0.15) is 5.75 Å². The van der Waals surface area contributed by atoms with Gasteiger partial charge < -0.3 is 15.0 Å². The number of aromatic nitrogens is 2. The Labute approximate surface area is 119 Å². The van der Waals surface area contributed by atoms with Gasteiger partial charge in [0.25, 0.3) is 0 Å². The van der Waals surface area contributed by atoms with Crippen molar-refractivity contribution in [3.8, 4) is 5.75 Å². The van der Waals surface area contributed by atoms with Crippen molar-refractivity contribution in [2.75, 3.05) is 26.1 Å². The second-order valence-electron chi connectivity index (χ2n) is 4.57. The van der Waals surface area contributed by atoms with Gasteiger partial charge in [-0.1, -0.05) is 6.07 Å². The molecule has 5 nitrogen and oxygen atoms in total. The largest absolute Gasteiger partial charge is 0.497 e. The molecule has 1 heterocycles. The monoisotopic (exact) mass is 272 g/mol. The normalized spacial score (nSPS) is 10.4. The molecule has 0 aliphatic heterocycles. The van der Waals surface area contributed by atoms with Crippen LogP contribution < -0.4 is 15.0 Å². The number of rotatable bonds is 5. The summed E-state index contributed by atoms with van der Waals surface area (Å²) in [5.74, 6) is 1.49. The number of nitrogens with zero attached hydrogens (tertiary/aromatic N) is 3. The van der Waals surface area contributed by atoms with E-state index in [0.29, 0.717) is 5.95 Å². The standard InChI is InChI=1S/C15H20N4O/c1-11-12(9-16-2)10-17-15(18-11)19(3)13-6-5-7-14(8-13)20-4/h5-8,10,16H,9H2,1-4H3. The van der Waals surface area contributed by atoms with E-state index in [9.17, 15) is 0 Å². The summed E-state index contributed by atoms with van der Waals surface area (Å²) in [6, 6.07) is 7.83. The smallest absolute Gasteiger partial charge is 0.229 e. The van der Waals surface area contributed by atoms with E-state index in [1.54, 1.807) is 7.11 Å². The summed E-state index contributed by atoms with van der Waals surface area (Å²) in [5.41, 5.74) is 3.08. The van der Waals surface area contributed by atoms with E-state index < -0.39 is 0 Å². The Morgan fingerprint density at radius 1 is 1.35 bits per heavy atom. The lowest BCUT2D eigenvalue weighted by Crippen LogP contribution is -2.15. The minimum atomic E-state index is 0.676. The Balaban J connectivity index is 2.28. The third-order valence-corrected chi connectivity index (χ3v) is 3.18. The van der Waals surface area contributed by atoms with Crippen LogP contribution in [0.25, 0.3) is 0 Å². The number of nitrogens with one attached hydrogen (secondary N) is 1. The Morgan fingerprint density at radius 2 is 2.15 bits per heavy atom. The molecule has 2 aromatic rings. The molecule has 2 rings (SSSR count). The molecule has 20 heavy (non-hydrogen) atoms. The number of hydrogen-bond acceptors (Lipinski definition) is 5. The van der Waals surface area contributed by atoms with Gasteiger partial charge in [-0.05, 0) is 26.1 Å². The summed E-state index contributed by atoms with van der Waals surface area (Å²) < 4.78 is 5.24. The van der Waals surface area contributed by atoms with Crippen molar-refractivity contribution in [2.24, 2.45) is 0 Å². The molecule has 0 radical (unpaired) electrons. The van der Waals surface area contributed by atoms with Gasteiger partial charge >= 0.3 is 0 Å². The second kappa shape index (κ2) is 6.34. The lowest BCUT2D eigenvalue weighted by Gasteiger charge is -2.18. The van der Waals surface area contributed by atoms with E-state index in [4.69, 9.17) is 4.74 Å². The molecule has 0 spiro atoms. The molecular weight excluding hydrogens is 252 g/mol. The maximum atomic E-state index is 5.24. The van der Waals surface area contributed by atoms with Gasteiger partial charge in [-0.25, -0.2) is 9.97 Å². The zero-order chi connectivity index (χ0) is 14.5. The fraction of sp³-hybridized carbons (Fsp3) is 0.333. The minimum absolute atomic E-state index is 0.676. The molecular formula is C15H20N4O. The molecule has 1 aromatic carbocycles. The van der Waals surface area contributed by atoms with Crippen LogP contribution in [-0.2, 0) is 6.54 Å². The SMILES string of the molecule is CNCc1cnc(N(C)c2cccc(OC)c2)nc1C. The summed E-state index contributed by atoms with van der Waals surface area (Å²) in [5, 5.41) is 3.11. The molecule has 5 heteroatoms. The average Bonchev–Trinajstić information content (AvgIpc) is 2.49. The van der Waals surface area contributed by atoms with E-state index in [1.165, 1.54) is 0 Å². The zero-order valence-electron chi connectivity index (χ0n) is 12.3. The maximum absolute atomic E-state index is 5.24. The van der Waals surface area contributed by atoms with Crippen molar-refractivity contribution in [2.45, 2.75) is 13.5 Å². The van der Waals surface area contributed by atoms with Gasteiger partial charge in [-0.2, -0.15) is 0 Å². The fourth-order valence-corrected chi connectivity index (χ4v) is 1.94. The van der Waals surface area contributed by atoms with Crippen molar-refractivity contribution in [1.82, 2.24) is 15.3 Å². The molecule has 0 fully saturated rings. The van der Waals surface area contributed by atoms with E-state index in [-0.39, 0.29) is 0 Å². The second-order valence-corrected chi connectivity index (χ2v) is 4.57. The molecule has 0 bridgehead atoms. The van der Waals surface area contributed by atoms with Crippen molar-refractivity contribution >= 4 is 11.6 Å². The summed E-state index contributed by atoms with van der Waals surface area (Å²) in [6.07, 6.45) is 1.87. The highest BCUT2D eigenvalue weighted by atomic mass is 16.5. The Kier molecular flexibility index (Phi) is 4.53. The highest BCUT2D eigenvalue weighted by Crippen LogP contribution is 2.24. The highest BCUT2D eigenvalue weighted by molar-refractivity contribution is 5.58. The van der Waals surface area contributed by atoms with Crippen molar-refractivity contribution in [3.05, 3.63) is 41.7 Å². The summed E-state index contributed by atoms with van der Waals surface area (Å²) >= 11 is 0. The number of benzene rings is 1. The first-order valence-corrected chi connectivity index (χ1v) is 6.50. The Bertz CT molecular complexity index is 586. The van der Waals surface area contributed by atoms with Gasteiger partial charge in [0.05, 0.1) is 7.11 Å². The molecule has 0 saturated heterocycles. The first kappa shape index (κ1) is 14.3. The molecule has 0 amide bonds. The van der Waals surface area contributed by atoms with Crippen LogP contribution >= 0.6 is 0 Å².